The fourth-order valence-electron chi connectivity index (χ4n) is 4.78. The fraction of sp³-hybridized carbons (Fsp3) is 0.0526. The largest absolute Gasteiger partial charge is 0.508 e. The van der Waals surface area contributed by atoms with Crippen LogP contribution in [0, 0.1) is 0 Å². The molecule has 4 N–H and O–H groups in total. The molecule has 8 nitrogen and oxygen atoms in total. The molecule has 6 rings (SSSR count). The monoisotopic (exact) mass is 644 g/mol. The van der Waals surface area contributed by atoms with E-state index in [2.05, 4.69) is 10.6 Å². The van der Waals surface area contributed by atoms with Gasteiger partial charge >= 0.3 is 0 Å². The summed E-state index contributed by atoms with van der Waals surface area (Å²) >= 11 is 0. The third-order valence-electron chi connectivity index (χ3n) is 7.40. The van der Waals surface area contributed by atoms with Crippen molar-refractivity contribution in [1.82, 2.24) is 0 Å². The number of sulfone groups is 1. The molecule has 6 aromatic rings. The van der Waals surface area contributed by atoms with E-state index in [1.807, 2.05) is 72.8 Å². The summed E-state index contributed by atoms with van der Waals surface area (Å²) in [6.07, 6.45) is 0. The predicted molar refractivity (Wildman–Crippen MR) is 182 cm³/mol. The summed E-state index contributed by atoms with van der Waals surface area (Å²) in [6, 6.07) is 41.6. The lowest BCUT2D eigenvalue weighted by atomic mass is 10.2. The average Bonchev–Trinajstić information content (AvgIpc) is 3.09. The van der Waals surface area contributed by atoms with E-state index in [0.717, 1.165) is 22.5 Å². The molecule has 0 aliphatic carbocycles. The van der Waals surface area contributed by atoms with Gasteiger partial charge < -0.3 is 30.3 Å². The van der Waals surface area contributed by atoms with Crippen molar-refractivity contribution in [3.05, 3.63) is 157 Å². The number of nitrogens with one attached hydrogen (secondary N) is 2. The zero-order valence-electron chi connectivity index (χ0n) is 25.2. The van der Waals surface area contributed by atoms with Crippen molar-refractivity contribution < 1.29 is 28.1 Å². The molecule has 0 aliphatic heterocycles. The third-order valence-corrected chi connectivity index (χ3v) is 9.18. The Kier molecular flexibility index (Phi) is 9.26. The summed E-state index contributed by atoms with van der Waals surface area (Å²) < 4.78 is 38.4. The van der Waals surface area contributed by atoms with Gasteiger partial charge in [0, 0.05) is 35.6 Å². The molecule has 0 saturated carbocycles. The number of para-hydroxylation sites is 2. The Morgan fingerprint density at radius 2 is 0.766 bits per heavy atom. The summed E-state index contributed by atoms with van der Waals surface area (Å²) in [4.78, 5) is 0.295. The molecule has 236 valence electrons. The van der Waals surface area contributed by atoms with Crippen LogP contribution in [0.2, 0.25) is 0 Å². The number of ether oxygens (including phenoxy) is 2. The minimum absolute atomic E-state index is 0.147. The highest BCUT2D eigenvalue weighted by atomic mass is 32.2. The van der Waals surface area contributed by atoms with E-state index in [1.165, 1.54) is 24.3 Å². The highest BCUT2D eigenvalue weighted by molar-refractivity contribution is 7.91. The first-order valence-corrected chi connectivity index (χ1v) is 16.3. The van der Waals surface area contributed by atoms with Gasteiger partial charge in [0.25, 0.3) is 0 Å². The van der Waals surface area contributed by atoms with Crippen molar-refractivity contribution in [1.29, 1.82) is 0 Å². The van der Waals surface area contributed by atoms with Gasteiger partial charge in [-0.3, -0.25) is 0 Å². The molecule has 0 fully saturated rings. The second-order valence-corrected chi connectivity index (χ2v) is 12.6. The minimum atomic E-state index is -3.76. The Balaban J connectivity index is 1.02. The van der Waals surface area contributed by atoms with Crippen molar-refractivity contribution in [2.45, 2.75) is 22.9 Å². The number of benzene rings is 6. The lowest BCUT2D eigenvalue weighted by Crippen LogP contribution is -2.02. The third kappa shape index (κ3) is 7.84. The molecule has 0 aromatic heterocycles. The van der Waals surface area contributed by atoms with Crippen molar-refractivity contribution in [2.75, 3.05) is 10.6 Å². The van der Waals surface area contributed by atoms with Crippen molar-refractivity contribution in [3.63, 3.8) is 0 Å². The molecule has 0 unspecified atom stereocenters. The van der Waals surface area contributed by atoms with Crippen LogP contribution in [-0.4, -0.2) is 18.6 Å². The van der Waals surface area contributed by atoms with Crippen molar-refractivity contribution >= 4 is 21.2 Å². The molecule has 0 amide bonds. The van der Waals surface area contributed by atoms with Gasteiger partial charge in [-0.2, -0.15) is 0 Å². The van der Waals surface area contributed by atoms with E-state index in [4.69, 9.17) is 9.47 Å². The molecule has 0 saturated heterocycles. The van der Waals surface area contributed by atoms with E-state index < -0.39 is 9.84 Å². The normalized spacial score (nSPS) is 11.1. The Labute approximate surface area is 273 Å². The van der Waals surface area contributed by atoms with Gasteiger partial charge in [-0.15, -0.1) is 0 Å². The average molecular weight is 645 g/mol. The second kappa shape index (κ2) is 14.0. The SMILES string of the molecule is O=S(=O)(c1ccc(Oc2ccc(NCc3ccccc3O)cc2)cc1)c1ccc(Oc2ccc(NCc3ccccc3O)cc2)cc1. The lowest BCUT2D eigenvalue weighted by molar-refractivity contribution is 0.468. The van der Waals surface area contributed by atoms with E-state index in [1.54, 1.807) is 48.5 Å². The Morgan fingerprint density at radius 3 is 1.11 bits per heavy atom. The number of phenolic OH excluding ortho intramolecular Hbond substituents is 2. The first kappa shape index (κ1) is 31.1. The summed E-state index contributed by atoms with van der Waals surface area (Å²) in [5, 5.41) is 26.4. The van der Waals surface area contributed by atoms with Crippen molar-refractivity contribution in [2.24, 2.45) is 0 Å². The van der Waals surface area contributed by atoms with Crippen molar-refractivity contribution in [3.8, 4) is 34.5 Å². The molecule has 47 heavy (non-hydrogen) atoms. The van der Waals surface area contributed by atoms with Crippen LogP contribution >= 0.6 is 0 Å². The summed E-state index contributed by atoms with van der Waals surface area (Å²) in [6.45, 7) is 0.960. The Bertz CT molecular complexity index is 1900. The fourth-order valence-corrected chi connectivity index (χ4v) is 6.04. The quantitative estimate of drug-likeness (QED) is 0.105. The van der Waals surface area contributed by atoms with E-state index in [9.17, 15) is 18.6 Å². The van der Waals surface area contributed by atoms with E-state index >= 15 is 0 Å². The molecule has 0 radical (unpaired) electrons. The highest BCUT2D eigenvalue weighted by Crippen LogP contribution is 2.30. The maximum atomic E-state index is 13.3. The second-order valence-electron chi connectivity index (χ2n) is 10.7. The van der Waals surface area contributed by atoms with Gasteiger partial charge in [0.1, 0.15) is 34.5 Å². The van der Waals surface area contributed by atoms with Crippen LogP contribution < -0.4 is 20.1 Å². The number of anilines is 2. The summed E-state index contributed by atoms with van der Waals surface area (Å²) in [5.41, 5.74) is 3.33. The molecule has 0 spiro atoms. The zero-order chi connectivity index (χ0) is 32.6. The summed E-state index contributed by atoms with van der Waals surface area (Å²) in [7, 11) is -3.76. The van der Waals surface area contributed by atoms with Gasteiger partial charge in [-0.25, -0.2) is 8.42 Å². The lowest BCUT2D eigenvalue weighted by Gasteiger charge is -2.11. The van der Waals surface area contributed by atoms with Crippen LogP contribution in [0.3, 0.4) is 0 Å². The van der Waals surface area contributed by atoms with E-state index in [0.29, 0.717) is 36.1 Å². The number of rotatable bonds is 12. The van der Waals surface area contributed by atoms with Gasteiger partial charge in [0.15, 0.2) is 0 Å². The number of hydrogen-bond donors (Lipinski definition) is 4. The van der Waals surface area contributed by atoms with Crippen LogP contribution in [0.1, 0.15) is 11.1 Å². The van der Waals surface area contributed by atoms with Gasteiger partial charge in [-0.1, -0.05) is 36.4 Å². The van der Waals surface area contributed by atoms with Gasteiger partial charge in [-0.05, 0) is 109 Å². The standard InChI is InChI=1S/C38H32N2O6S/c41-37-7-3-1-5-27(37)25-39-29-9-13-31(14-10-29)45-33-17-21-35(22-18-33)47(43,44)36-23-19-34(20-24-36)46-32-15-11-30(12-16-32)40-26-28-6-2-4-8-38(28)42/h1-24,39-42H,25-26H2. The molecule has 9 heteroatoms. The Morgan fingerprint density at radius 1 is 0.447 bits per heavy atom. The van der Waals surface area contributed by atoms with Gasteiger partial charge in [0.05, 0.1) is 9.79 Å². The molecular formula is C38H32N2O6S. The number of aromatic hydroxyl groups is 2. The molecular weight excluding hydrogens is 612 g/mol. The Hall–Kier alpha value is -5.93. The molecule has 0 aliphatic rings. The molecule has 0 atom stereocenters. The predicted octanol–water partition coefficient (Wildman–Crippen LogP) is 8.74. The maximum Gasteiger partial charge on any atom is 0.206 e. The van der Waals surface area contributed by atoms with E-state index in [-0.39, 0.29) is 21.3 Å². The zero-order valence-corrected chi connectivity index (χ0v) is 26.0. The topological polar surface area (TPSA) is 117 Å². The first-order chi connectivity index (χ1) is 22.8. The van der Waals surface area contributed by atoms with Crippen LogP contribution in [0.5, 0.6) is 34.5 Å². The molecule has 6 aromatic carbocycles. The van der Waals surface area contributed by atoms with Crippen LogP contribution in [0.15, 0.2) is 155 Å². The molecule has 0 bridgehead atoms. The summed E-state index contributed by atoms with van der Waals surface area (Å²) in [5.74, 6) is 2.69. The van der Waals surface area contributed by atoms with Crippen LogP contribution in [0.25, 0.3) is 0 Å². The smallest absolute Gasteiger partial charge is 0.206 e. The molecule has 0 heterocycles. The highest BCUT2D eigenvalue weighted by Gasteiger charge is 2.18. The number of phenols is 2. The van der Waals surface area contributed by atoms with Crippen LogP contribution in [0.4, 0.5) is 11.4 Å². The van der Waals surface area contributed by atoms with Gasteiger partial charge in [0.2, 0.25) is 9.84 Å². The number of hydrogen-bond acceptors (Lipinski definition) is 8. The maximum absolute atomic E-state index is 13.3. The first-order valence-electron chi connectivity index (χ1n) is 14.9. The van der Waals surface area contributed by atoms with Crippen LogP contribution in [-0.2, 0) is 22.9 Å². The minimum Gasteiger partial charge on any atom is -0.508 e.